The molecule has 1 aromatic carbocycles. The van der Waals surface area contributed by atoms with Crippen LogP contribution in [0.2, 0.25) is 0 Å². The van der Waals surface area contributed by atoms with Crippen LogP contribution in [0.1, 0.15) is 48.9 Å². The maximum absolute atomic E-state index is 12.7. The maximum atomic E-state index is 12.7. The number of benzene rings is 1. The molecule has 1 amide bonds. The van der Waals surface area contributed by atoms with E-state index in [0.717, 1.165) is 29.7 Å². The van der Waals surface area contributed by atoms with Crippen molar-refractivity contribution in [2.75, 3.05) is 17.8 Å². The third kappa shape index (κ3) is 4.24. The molecule has 0 unspecified atom stereocenters. The van der Waals surface area contributed by atoms with Crippen molar-refractivity contribution in [3.8, 4) is 11.5 Å². The molecule has 3 heterocycles. The van der Waals surface area contributed by atoms with Gasteiger partial charge in [-0.3, -0.25) is 9.52 Å². The number of nitrogens with one attached hydrogen (secondary N) is 1. The number of hydrogen-bond donors (Lipinski definition) is 1. The number of nitrogens with zero attached hydrogens (tertiary/aromatic N) is 3. The lowest BCUT2D eigenvalue weighted by molar-refractivity contribution is 0.0754. The zero-order valence-electron chi connectivity index (χ0n) is 16.7. The van der Waals surface area contributed by atoms with Gasteiger partial charge in [-0.1, -0.05) is 26.0 Å². The molecule has 1 N–H and O–H groups in total. The van der Waals surface area contributed by atoms with Crippen LogP contribution in [0.3, 0.4) is 0 Å². The van der Waals surface area contributed by atoms with Gasteiger partial charge in [-0.15, -0.1) is 21.5 Å². The molecule has 0 radical (unpaired) electrons. The molecule has 8 nitrogen and oxygen atoms in total. The van der Waals surface area contributed by atoms with Crippen molar-refractivity contribution in [1.82, 2.24) is 15.1 Å². The number of rotatable bonds is 6. The molecular formula is C20H22N4O4S2. The molecule has 3 aromatic rings. The van der Waals surface area contributed by atoms with Gasteiger partial charge < -0.3 is 9.32 Å². The van der Waals surface area contributed by atoms with Crippen molar-refractivity contribution in [3.63, 3.8) is 0 Å². The molecule has 0 saturated carbocycles. The molecule has 4 rings (SSSR count). The van der Waals surface area contributed by atoms with E-state index in [2.05, 4.69) is 28.8 Å². The lowest BCUT2D eigenvalue weighted by Gasteiger charge is -2.11. The second-order valence-electron chi connectivity index (χ2n) is 7.45. The van der Waals surface area contributed by atoms with Crippen LogP contribution in [-0.2, 0) is 10.0 Å². The van der Waals surface area contributed by atoms with Gasteiger partial charge in [0, 0.05) is 24.2 Å². The zero-order chi connectivity index (χ0) is 21.3. The van der Waals surface area contributed by atoms with Gasteiger partial charge in [0.1, 0.15) is 4.21 Å². The number of likely N-dealkylation sites (tertiary alicyclic amines) is 1. The Bertz CT molecular complexity index is 1140. The number of carbonyl (C=O) groups is 1. The molecule has 1 aliphatic rings. The largest absolute Gasteiger partial charge is 0.412 e. The van der Waals surface area contributed by atoms with Crippen molar-refractivity contribution >= 4 is 33.0 Å². The Morgan fingerprint density at radius 3 is 2.53 bits per heavy atom. The Balaban J connectivity index is 1.50. The third-order valence-electron chi connectivity index (χ3n) is 4.92. The second-order valence-corrected chi connectivity index (χ2v) is 10.3. The maximum Gasteiger partial charge on any atom is 0.311 e. The number of aromatic nitrogens is 2. The summed E-state index contributed by atoms with van der Waals surface area (Å²) < 4.78 is 33.7. The lowest BCUT2D eigenvalue weighted by atomic mass is 10.0. The summed E-state index contributed by atoms with van der Waals surface area (Å²) in [5.41, 5.74) is 2.08. The minimum absolute atomic E-state index is 0.0779. The predicted molar refractivity (Wildman–Crippen MR) is 114 cm³/mol. The van der Waals surface area contributed by atoms with E-state index >= 15 is 0 Å². The molecule has 30 heavy (non-hydrogen) atoms. The van der Waals surface area contributed by atoms with Gasteiger partial charge in [0.05, 0.1) is 5.56 Å². The predicted octanol–water partition coefficient (Wildman–Crippen LogP) is 3.96. The molecule has 1 aliphatic heterocycles. The van der Waals surface area contributed by atoms with Crippen LogP contribution >= 0.6 is 11.3 Å². The summed E-state index contributed by atoms with van der Waals surface area (Å²) in [5.74, 6) is 0.121. The highest BCUT2D eigenvalue weighted by atomic mass is 32.2. The highest BCUT2D eigenvalue weighted by molar-refractivity contribution is 7.94. The quantitative estimate of drug-likeness (QED) is 0.614. The highest BCUT2D eigenvalue weighted by Gasteiger charge is 2.26. The van der Waals surface area contributed by atoms with Gasteiger partial charge >= 0.3 is 11.8 Å². The van der Waals surface area contributed by atoms with Gasteiger partial charge in [-0.25, -0.2) is 8.42 Å². The van der Waals surface area contributed by atoms with Crippen LogP contribution in [0.4, 0.5) is 5.69 Å². The molecule has 0 atom stereocenters. The van der Waals surface area contributed by atoms with Crippen LogP contribution in [0, 0.1) is 0 Å². The monoisotopic (exact) mass is 446 g/mol. The Hall–Kier alpha value is -2.72. The number of thiophene rings is 1. The first-order valence-corrected chi connectivity index (χ1v) is 12.0. The first kappa shape index (κ1) is 20.5. The van der Waals surface area contributed by atoms with Gasteiger partial charge in [-0.05, 0) is 42.5 Å². The fraction of sp³-hybridized carbons (Fsp3) is 0.350. The second kappa shape index (κ2) is 8.19. The highest BCUT2D eigenvalue weighted by Crippen LogP contribution is 2.29. The van der Waals surface area contributed by atoms with Crippen LogP contribution in [0.5, 0.6) is 0 Å². The minimum Gasteiger partial charge on any atom is -0.412 e. The third-order valence-corrected chi connectivity index (χ3v) is 7.74. The van der Waals surface area contributed by atoms with E-state index in [1.807, 2.05) is 12.1 Å². The summed E-state index contributed by atoms with van der Waals surface area (Å²) in [4.78, 5) is 14.0. The van der Waals surface area contributed by atoms with Gasteiger partial charge in [-0.2, -0.15) is 0 Å². The fourth-order valence-electron chi connectivity index (χ4n) is 3.19. The SMILES string of the molecule is CC(C)c1ccc(NS(=O)(=O)c2cc(-c3nnc(C(=O)N4CCCC4)o3)cs2)cc1. The molecule has 1 fully saturated rings. The smallest absolute Gasteiger partial charge is 0.311 e. The van der Waals surface area contributed by atoms with Crippen molar-refractivity contribution in [1.29, 1.82) is 0 Å². The average molecular weight is 447 g/mol. The van der Waals surface area contributed by atoms with Crippen LogP contribution < -0.4 is 4.72 Å². The van der Waals surface area contributed by atoms with Crippen molar-refractivity contribution < 1.29 is 17.6 Å². The van der Waals surface area contributed by atoms with Gasteiger partial charge in [0.15, 0.2) is 0 Å². The summed E-state index contributed by atoms with van der Waals surface area (Å²) in [6.45, 7) is 5.52. The van der Waals surface area contributed by atoms with Gasteiger partial charge in [0.25, 0.3) is 10.0 Å². The molecule has 0 bridgehead atoms. The van der Waals surface area contributed by atoms with E-state index in [9.17, 15) is 13.2 Å². The van der Waals surface area contributed by atoms with Crippen molar-refractivity contribution in [2.24, 2.45) is 0 Å². The summed E-state index contributed by atoms with van der Waals surface area (Å²) in [6.07, 6.45) is 1.93. The standard InChI is InChI=1S/C20H22N4O4S2/c1-13(2)14-5-7-16(8-6-14)23-30(26,27)17-11-15(12-29-17)18-21-22-19(28-18)20(25)24-9-3-4-10-24/h5-8,11-13,23H,3-4,9-10H2,1-2H3. The Morgan fingerprint density at radius 2 is 1.87 bits per heavy atom. The first-order chi connectivity index (χ1) is 14.3. The molecular weight excluding hydrogens is 424 g/mol. The molecule has 0 aliphatic carbocycles. The number of anilines is 1. The van der Waals surface area contributed by atoms with Crippen molar-refractivity contribution in [2.45, 2.75) is 36.8 Å². The normalized spacial score (nSPS) is 14.4. The molecule has 1 saturated heterocycles. The van der Waals surface area contributed by atoms with E-state index in [-0.39, 0.29) is 21.9 Å². The zero-order valence-corrected chi connectivity index (χ0v) is 18.3. The van der Waals surface area contributed by atoms with E-state index in [4.69, 9.17) is 4.42 Å². The van der Waals surface area contributed by atoms with E-state index in [1.165, 1.54) is 6.07 Å². The van der Waals surface area contributed by atoms with Gasteiger partial charge in [0.2, 0.25) is 5.89 Å². The minimum atomic E-state index is -3.75. The average Bonchev–Trinajstić information content (AvgIpc) is 3.49. The summed E-state index contributed by atoms with van der Waals surface area (Å²) in [5, 5.41) is 9.36. The van der Waals surface area contributed by atoms with Crippen molar-refractivity contribution in [3.05, 3.63) is 47.2 Å². The Labute approximate surface area is 179 Å². The van der Waals surface area contributed by atoms with Crippen LogP contribution in [0.25, 0.3) is 11.5 Å². The molecule has 10 heteroatoms. The van der Waals surface area contributed by atoms with E-state index in [0.29, 0.717) is 30.3 Å². The topological polar surface area (TPSA) is 105 Å². The number of hydrogen-bond acceptors (Lipinski definition) is 7. The number of carbonyl (C=O) groups excluding carboxylic acids is 1. The summed E-state index contributed by atoms with van der Waals surface area (Å²) >= 11 is 1.05. The van der Waals surface area contributed by atoms with Crippen LogP contribution in [-0.4, -0.2) is 42.5 Å². The Kier molecular flexibility index (Phi) is 5.61. The first-order valence-electron chi connectivity index (χ1n) is 9.68. The molecule has 2 aromatic heterocycles. The molecule has 0 spiro atoms. The number of sulfonamides is 1. The number of amides is 1. The van der Waals surface area contributed by atoms with Crippen LogP contribution in [0.15, 0.2) is 44.3 Å². The van der Waals surface area contributed by atoms with E-state index in [1.54, 1.807) is 22.4 Å². The van der Waals surface area contributed by atoms with E-state index < -0.39 is 10.0 Å². The summed E-state index contributed by atoms with van der Waals surface area (Å²) in [7, 11) is -3.75. The Morgan fingerprint density at radius 1 is 1.17 bits per heavy atom. The lowest BCUT2D eigenvalue weighted by Crippen LogP contribution is -2.27. The fourth-order valence-corrected chi connectivity index (χ4v) is 5.41. The summed E-state index contributed by atoms with van der Waals surface area (Å²) in [6, 6.07) is 8.76. The molecule has 158 valence electrons.